The van der Waals surface area contributed by atoms with E-state index in [0.717, 1.165) is 24.2 Å². The molecule has 0 aliphatic heterocycles. The first-order valence-electron chi connectivity index (χ1n) is 13.3. The lowest BCUT2D eigenvalue weighted by Crippen LogP contribution is -2.59. The molecule has 0 saturated heterocycles. The van der Waals surface area contributed by atoms with Crippen LogP contribution in [0.3, 0.4) is 0 Å². The standard InChI is InChI=1S/C27H48O2/c1-4-5-6-7-8-9-10-19-12-14-23-22-13-11-20-17-21(28)18-25(29)27(20,3)24(22)15-16-26(19,23)2/h19-25,28-29H,4-18H2,1-3H3/t19-,20-,21+,22-,23-,24-,25-,26+,27-/m0/s1. The average molecular weight is 405 g/mol. The molecule has 2 nitrogen and oxygen atoms in total. The van der Waals surface area contributed by atoms with Crippen LogP contribution in [0.1, 0.15) is 117 Å². The molecule has 0 aromatic heterocycles. The molecule has 4 aliphatic rings. The third-order valence-electron chi connectivity index (χ3n) is 10.8. The van der Waals surface area contributed by atoms with Gasteiger partial charge in [0.2, 0.25) is 0 Å². The van der Waals surface area contributed by atoms with Gasteiger partial charge in [-0.25, -0.2) is 0 Å². The summed E-state index contributed by atoms with van der Waals surface area (Å²) in [6.07, 6.45) is 19.1. The first-order chi connectivity index (χ1) is 13.9. The van der Waals surface area contributed by atoms with Crippen LogP contribution in [-0.2, 0) is 0 Å². The van der Waals surface area contributed by atoms with E-state index in [2.05, 4.69) is 20.8 Å². The van der Waals surface area contributed by atoms with Gasteiger partial charge in [-0.1, -0.05) is 59.3 Å². The zero-order valence-corrected chi connectivity index (χ0v) is 19.5. The minimum atomic E-state index is -0.297. The van der Waals surface area contributed by atoms with Crippen molar-refractivity contribution in [2.45, 2.75) is 129 Å². The fraction of sp³-hybridized carbons (Fsp3) is 1.00. The van der Waals surface area contributed by atoms with Crippen molar-refractivity contribution in [2.24, 2.45) is 40.4 Å². The van der Waals surface area contributed by atoms with Crippen molar-refractivity contribution in [3.63, 3.8) is 0 Å². The largest absolute Gasteiger partial charge is 0.393 e. The molecule has 4 aliphatic carbocycles. The lowest BCUT2D eigenvalue weighted by molar-refractivity contribution is -0.181. The SMILES string of the molecule is CCCCCCCC[C@H]1CC[C@H]2[C@@H]3CC[C@H]4C[C@@H](O)C[C@H](O)[C@]4(C)[C@H]3CC[C@]12C. The Bertz CT molecular complexity index is 547. The van der Waals surface area contributed by atoms with E-state index in [1.165, 1.54) is 83.5 Å². The van der Waals surface area contributed by atoms with Crippen LogP contribution in [0.25, 0.3) is 0 Å². The molecule has 2 N–H and O–H groups in total. The predicted octanol–water partition coefficient (Wildman–Crippen LogP) is 6.73. The summed E-state index contributed by atoms with van der Waals surface area (Å²) in [5, 5.41) is 21.3. The quantitative estimate of drug-likeness (QED) is 0.462. The van der Waals surface area contributed by atoms with Crippen LogP contribution in [0.5, 0.6) is 0 Å². The summed E-state index contributed by atoms with van der Waals surface area (Å²) in [6.45, 7) is 7.35. The molecule has 4 fully saturated rings. The highest BCUT2D eigenvalue weighted by Gasteiger charge is 2.61. The second-order valence-corrected chi connectivity index (χ2v) is 12.0. The number of aliphatic hydroxyl groups is 2. The third-order valence-corrected chi connectivity index (χ3v) is 10.8. The molecule has 0 unspecified atom stereocenters. The predicted molar refractivity (Wildman–Crippen MR) is 121 cm³/mol. The van der Waals surface area contributed by atoms with E-state index >= 15 is 0 Å². The van der Waals surface area contributed by atoms with Gasteiger partial charge in [0.15, 0.2) is 0 Å². The highest BCUT2D eigenvalue weighted by molar-refractivity contribution is 5.11. The Morgan fingerprint density at radius 1 is 0.793 bits per heavy atom. The van der Waals surface area contributed by atoms with Crippen molar-refractivity contribution in [3.8, 4) is 0 Å². The van der Waals surface area contributed by atoms with Crippen LogP contribution in [0.4, 0.5) is 0 Å². The molecule has 2 heteroatoms. The van der Waals surface area contributed by atoms with E-state index in [1.54, 1.807) is 0 Å². The fourth-order valence-electron chi connectivity index (χ4n) is 9.05. The smallest absolute Gasteiger partial charge is 0.0623 e. The van der Waals surface area contributed by atoms with E-state index in [1.807, 2.05) is 0 Å². The molecule has 0 amide bonds. The fourth-order valence-corrected chi connectivity index (χ4v) is 9.05. The summed E-state index contributed by atoms with van der Waals surface area (Å²) < 4.78 is 0. The molecule has 29 heavy (non-hydrogen) atoms. The molecule has 0 aromatic carbocycles. The van der Waals surface area contributed by atoms with Crippen molar-refractivity contribution < 1.29 is 10.2 Å². The van der Waals surface area contributed by atoms with Gasteiger partial charge in [-0.15, -0.1) is 0 Å². The van der Waals surface area contributed by atoms with Crippen LogP contribution in [0, 0.1) is 40.4 Å². The maximum Gasteiger partial charge on any atom is 0.0623 e. The Morgan fingerprint density at radius 2 is 1.55 bits per heavy atom. The molecule has 0 heterocycles. The average Bonchev–Trinajstić information content (AvgIpc) is 3.02. The van der Waals surface area contributed by atoms with Gasteiger partial charge in [-0.05, 0) is 98.2 Å². The van der Waals surface area contributed by atoms with Gasteiger partial charge in [-0.3, -0.25) is 0 Å². The van der Waals surface area contributed by atoms with Gasteiger partial charge in [0, 0.05) is 0 Å². The molecule has 4 rings (SSSR count). The van der Waals surface area contributed by atoms with Crippen LogP contribution in [0.2, 0.25) is 0 Å². The summed E-state index contributed by atoms with van der Waals surface area (Å²) in [4.78, 5) is 0. The second kappa shape index (κ2) is 8.81. The maximum absolute atomic E-state index is 11.1. The number of unbranched alkanes of at least 4 members (excludes halogenated alkanes) is 5. The molecule has 4 saturated carbocycles. The molecule has 168 valence electrons. The highest BCUT2D eigenvalue weighted by atomic mass is 16.3. The number of hydrogen-bond acceptors (Lipinski definition) is 2. The first-order valence-corrected chi connectivity index (χ1v) is 13.3. The second-order valence-electron chi connectivity index (χ2n) is 12.0. The Labute approximate surface area is 180 Å². The van der Waals surface area contributed by atoms with E-state index in [4.69, 9.17) is 0 Å². The van der Waals surface area contributed by atoms with E-state index < -0.39 is 0 Å². The van der Waals surface area contributed by atoms with E-state index in [0.29, 0.717) is 23.7 Å². The van der Waals surface area contributed by atoms with E-state index in [9.17, 15) is 10.2 Å². The molecule has 0 bridgehead atoms. The topological polar surface area (TPSA) is 40.5 Å². The van der Waals surface area contributed by atoms with Gasteiger partial charge in [0.25, 0.3) is 0 Å². The van der Waals surface area contributed by atoms with Crippen LogP contribution >= 0.6 is 0 Å². The van der Waals surface area contributed by atoms with Gasteiger partial charge in [0.05, 0.1) is 12.2 Å². The zero-order chi connectivity index (χ0) is 20.6. The summed E-state index contributed by atoms with van der Waals surface area (Å²) in [6, 6.07) is 0. The lowest BCUT2D eigenvalue weighted by Gasteiger charge is -2.62. The molecule has 0 aromatic rings. The van der Waals surface area contributed by atoms with Gasteiger partial charge in [-0.2, -0.15) is 0 Å². The highest BCUT2D eigenvalue weighted by Crippen LogP contribution is 2.67. The number of fused-ring (bicyclic) bond motifs is 5. The monoisotopic (exact) mass is 404 g/mol. The van der Waals surface area contributed by atoms with E-state index in [-0.39, 0.29) is 17.6 Å². The summed E-state index contributed by atoms with van der Waals surface area (Å²) in [7, 11) is 0. The molecular weight excluding hydrogens is 356 g/mol. The van der Waals surface area contributed by atoms with Crippen molar-refractivity contribution in [1.29, 1.82) is 0 Å². The number of aliphatic hydroxyl groups excluding tert-OH is 2. The number of hydrogen-bond donors (Lipinski definition) is 2. The summed E-state index contributed by atoms with van der Waals surface area (Å²) in [5.74, 6) is 3.89. The Kier molecular flexibility index (Phi) is 6.72. The van der Waals surface area contributed by atoms with Crippen molar-refractivity contribution in [2.75, 3.05) is 0 Å². The third kappa shape index (κ3) is 3.84. The van der Waals surface area contributed by atoms with Gasteiger partial charge >= 0.3 is 0 Å². The van der Waals surface area contributed by atoms with Crippen molar-refractivity contribution >= 4 is 0 Å². The van der Waals surface area contributed by atoms with Crippen LogP contribution < -0.4 is 0 Å². The zero-order valence-electron chi connectivity index (χ0n) is 19.5. The summed E-state index contributed by atoms with van der Waals surface area (Å²) in [5.41, 5.74) is 0.619. The Hall–Kier alpha value is -0.0800. The normalized spacial score (nSPS) is 49.3. The van der Waals surface area contributed by atoms with Crippen LogP contribution in [0.15, 0.2) is 0 Å². The summed E-state index contributed by atoms with van der Waals surface area (Å²) >= 11 is 0. The number of rotatable bonds is 7. The molecule has 9 atom stereocenters. The van der Waals surface area contributed by atoms with Crippen molar-refractivity contribution in [3.05, 3.63) is 0 Å². The Morgan fingerprint density at radius 3 is 2.34 bits per heavy atom. The molecular formula is C27H48O2. The van der Waals surface area contributed by atoms with Gasteiger partial charge < -0.3 is 10.2 Å². The minimum Gasteiger partial charge on any atom is -0.393 e. The van der Waals surface area contributed by atoms with Crippen LogP contribution in [-0.4, -0.2) is 22.4 Å². The molecule has 0 spiro atoms. The maximum atomic E-state index is 11.1. The minimum absolute atomic E-state index is 0.0564. The first kappa shape index (κ1) is 22.1. The Balaban J connectivity index is 1.40. The lowest BCUT2D eigenvalue weighted by atomic mass is 9.44. The molecule has 0 radical (unpaired) electrons. The van der Waals surface area contributed by atoms with Crippen molar-refractivity contribution in [1.82, 2.24) is 0 Å². The van der Waals surface area contributed by atoms with Gasteiger partial charge in [0.1, 0.15) is 0 Å².